The maximum Gasteiger partial charge on any atom is 0.248 e. The Kier molecular flexibility index (Phi) is 6.13. The summed E-state index contributed by atoms with van der Waals surface area (Å²) in [7, 11) is 1.59. The number of carbonyl (C=O) groups excluding carboxylic acids is 1. The molecule has 0 spiro atoms. The number of nitrogens with zero attached hydrogens (tertiary/aromatic N) is 3. The molecule has 0 unspecified atom stereocenters. The lowest BCUT2D eigenvalue weighted by molar-refractivity contribution is -0.133. The third kappa shape index (κ3) is 4.41. The number of nitrogens with one attached hydrogen (secondary N) is 1. The fraction of sp³-hybridized carbons (Fsp3) is 0.211. The number of likely N-dealkylation sites (N-methyl/N-ethyl adjacent to an activating group) is 1. The highest BCUT2D eigenvalue weighted by atomic mass is 35.5. The largest absolute Gasteiger partial charge is 0.506 e. The SMILES string of the molecule is CN(CCOc1cccc2ncnc(Nc3ccc(O)c(Cl)c3)c12)C(=O)CO. The highest BCUT2D eigenvalue weighted by molar-refractivity contribution is 6.32. The molecule has 146 valence electrons. The van der Waals surface area contributed by atoms with E-state index in [-0.39, 0.29) is 23.3 Å². The Hall–Kier alpha value is -3.10. The number of phenolic OH excluding ortho intramolecular Hbond substituents is 1. The van der Waals surface area contributed by atoms with Crippen molar-refractivity contribution in [3.8, 4) is 11.5 Å². The molecule has 0 aliphatic heterocycles. The van der Waals surface area contributed by atoms with Crippen molar-refractivity contribution < 1.29 is 19.7 Å². The number of aromatic hydroxyl groups is 1. The molecule has 2 aromatic carbocycles. The van der Waals surface area contributed by atoms with Crippen molar-refractivity contribution in [1.82, 2.24) is 14.9 Å². The Bertz CT molecular complexity index is 994. The number of rotatable bonds is 7. The van der Waals surface area contributed by atoms with Crippen LogP contribution in [0, 0.1) is 0 Å². The van der Waals surface area contributed by atoms with Gasteiger partial charge in [-0.05, 0) is 30.3 Å². The number of halogens is 1. The van der Waals surface area contributed by atoms with Gasteiger partial charge in [-0.1, -0.05) is 17.7 Å². The zero-order valence-corrected chi connectivity index (χ0v) is 15.8. The highest BCUT2D eigenvalue weighted by Crippen LogP contribution is 2.33. The van der Waals surface area contributed by atoms with E-state index in [9.17, 15) is 9.90 Å². The van der Waals surface area contributed by atoms with Gasteiger partial charge in [0, 0.05) is 12.7 Å². The van der Waals surface area contributed by atoms with Crippen LogP contribution in [0.3, 0.4) is 0 Å². The average molecular weight is 403 g/mol. The van der Waals surface area contributed by atoms with E-state index < -0.39 is 6.61 Å². The molecule has 1 heterocycles. The molecule has 8 nitrogen and oxygen atoms in total. The molecule has 3 aromatic rings. The number of aliphatic hydroxyl groups excluding tert-OH is 1. The minimum absolute atomic E-state index is 0.00895. The van der Waals surface area contributed by atoms with Crippen molar-refractivity contribution in [2.24, 2.45) is 0 Å². The molecule has 3 N–H and O–H groups in total. The zero-order valence-electron chi connectivity index (χ0n) is 15.1. The van der Waals surface area contributed by atoms with Crippen LogP contribution in [0.2, 0.25) is 5.02 Å². The van der Waals surface area contributed by atoms with E-state index in [2.05, 4.69) is 15.3 Å². The molecule has 0 bridgehead atoms. The van der Waals surface area contributed by atoms with Gasteiger partial charge in [0.1, 0.15) is 36.9 Å². The highest BCUT2D eigenvalue weighted by Gasteiger charge is 2.12. The maximum absolute atomic E-state index is 11.4. The third-order valence-corrected chi connectivity index (χ3v) is 4.38. The van der Waals surface area contributed by atoms with E-state index in [4.69, 9.17) is 21.4 Å². The van der Waals surface area contributed by atoms with Crippen LogP contribution in [0.15, 0.2) is 42.7 Å². The molecule has 0 fully saturated rings. The summed E-state index contributed by atoms with van der Waals surface area (Å²) in [6.07, 6.45) is 1.43. The topological polar surface area (TPSA) is 108 Å². The predicted molar refractivity (Wildman–Crippen MR) is 106 cm³/mol. The number of fused-ring (bicyclic) bond motifs is 1. The van der Waals surface area contributed by atoms with Crippen LogP contribution >= 0.6 is 11.6 Å². The number of carbonyl (C=O) groups is 1. The predicted octanol–water partition coefficient (Wildman–Crippen LogP) is 2.56. The molecule has 0 saturated heterocycles. The standard InChI is InChI=1S/C19H19ClN4O4/c1-24(17(27)10-25)7-8-28-16-4-2-3-14-18(16)19(22-11-21-14)23-12-5-6-15(26)13(20)9-12/h2-6,9,11,25-26H,7-8,10H2,1H3,(H,21,22,23). The quantitative estimate of drug-likeness (QED) is 0.521. The average Bonchev–Trinajstić information content (AvgIpc) is 2.70. The van der Waals surface area contributed by atoms with Crippen LogP contribution in [0.4, 0.5) is 11.5 Å². The Morgan fingerprint density at radius 2 is 2.11 bits per heavy atom. The number of ether oxygens (including phenoxy) is 1. The van der Waals surface area contributed by atoms with Gasteiger partial charge >= 0.3 is 0 Å². The molecule has 0 aliphatic rings. The Labute approximate surface area is 166 Å². The van der Waals surface area contributed by atoms with E-state index >= 15 is 0 Å². The van der Waals surface area contributed by atoms with Crippen LogP contribution in [0.1, 0.15) is 0 Å². The summed E-state index contributed by atoms with van der Waals surface area (Å²) < 4.78 is 5.84. The van der Waals surface area contributed by atoms with Crippen LogP contribution in [-0.2, 0) is 4.79 Å². The monoisotopic (exact) mass is 402 g/mol. The minimum atomic E-state index is -0.540. The lowest BCUT2D eigenvalue weighted by atomic mass is 10.2. The first-order chi connectivity index (χ1) is 13.5. The number of hydrogen-bond donors (Lipinski definition) is 3. The molecule has 0 aliphatic carbocycles. The smallest absolute Gasteiger partial charge is 0.248 e. The molecule has 9 heteroatoms. The Morgan fingerprint density at radius 1 is 1.29 bits per heavy atom. The first-order valence-electron chi connectivity index (χ1n) is 8.46. The second-order valence-electron chi connectivity index (χ2n) is 5.99. The number of benzene rings is 2. The molecule has 1 amide bonds. The summed E-state index contributed by atoms with van der Waals surface area (Å²) in [6, 6.07) is 10.2. The van der Waals surface area contributed by atoms with Crippen LogP contribution in [0.5, 0.6) is 11.5 Å². The number of anilines is 2. The number of aromatic nitrogens is 2. The molecule has 0 radical (unpaired) electrons. The van der Waals surface area contributed by atoms with E-state index in [1.807, 2.05) is 12.1 Å². The maximum atomic E-state index is 11.4. The van der Waals surface area contributed by atoms with Crippen LogP contribution < -0.4 is 10.1 Å². The lowest BCUT2D eigenvalue weighted by Gasteiger charge is -2.17. The van der Waals surface area contributed by atoms with Gasteiger partial charge in [0.15, 0.2) is 0 Å². The summed E-state index contributed by atoms with van der Waals surface area (Å²) in [6.45, 7) is 0.0163. The second-order valence-corrected chi connectivity index (χ2v) is 6.39. The van der Waals surface area contributed by atoms with Gasteiger partial charge in [-0.2, -0.15) is 0 Å². The molecular weight excluding hydrogens is 384 g/mol. The number of hydrogen-bond acceptors (Lipinski definition) is 7. The van der Waals surface area contributed by atoms with Gasteiger partial charge in [0.25, 0.3) is 0 Å². The lowest BCUT2D eigenvalue weighted by Crippen LogP contribution is -2.32. The van der Waals surface area contributed by atoms with E-state index in [1.165, 1.54) is 17.3 Å². The third-order valence-electron chi connectivity index (χ3n) is 4.08. The van der Waals surface area contributed by atoms with Crippen molar-refractivity contribution in [3.63, 3.8) is 0 Å². The normalized spacial score (nSPS) is 10.7. The van der Waals surface area contributed by atoms with Crippen molar-refractivity contribution in [3.05, 3.63) is 47.7 Å². The van der Waals surface area contributed by atoms with Crippen molar-refractivity contribution in [2.75, 3.05) is 32.1 Å². The van der Waals surface area contributed by atoms with Gasteiger partial charge in [-0.25, -0.2) is 9.97 Å². The van der Waals surface area contributed by atoms with E-state index in [0.717, 1.165) is 0 Å². The molecular formula is C19H19ClN4O4. The zero-order chi connectivity index (χ0) is 20.1. The van der Waals surface area contributed by atoms with Crippen molar-refractivity contribution >= 4 is 39.9 Å². The first kappa shape index (κ1) is 19.7. The van der Waals surface area contributed by atoms with Gasteiger partial charge in [0.05, 0.1) is 22.5 Å². The van der Waals surface area contributed by atoms with Crippen molar-refractivity contribution in [2.45, 2.75) is 0 Å². The number of phenols is 1. The first-order valence-corrected chi connectivity index (χ1v) is 8.84. The molecule has 1 aromatic heterocycles. The Morgan fingerprint density at radius 3 is 2.86 bits per heavy atom. The second kappa shape index (κ2) is 8.73. The van der Waals surface area contributed by atoms with Crippen LogP contribution in [0.25, 0.3) is 10.9 Å². The van der Waals surface area contributed by atoms with Crippen LogP contribution in [-0.4, -0.2) is 57.8 Å². The molecule has 28 heavy (non-hydrogen) atoms. The summed E-state index contributed by atoms with van der Waals surface area (Å²) >= 11 is 5.97. The number of amides is 1. The fourth-order valence-electron chi connectivity index (χ4n) is 2.55. The summed E-state index contributed by atoms with van der Waals surface area (Å²) in [5.74, 6) is 0.680. The van der Waals surface area contributed by atoms with Crippen molar-refractivity contribution in [1.29, 1.82) is 0 Å². The minimum Gasteiger partial charge on any atom is -0.506 e. The summed E-state index contributed by atoms with van der Waals surface area (Å²) in [5.41, 5.74) is 1.32. The van der Waals surface area contributed by atoms with Gasteiger partial charge in [-0.3, -0.25) is 4.79 Å². The Balaban J connectivity index is 1.85. The van der Waals surface area contributed by atoms with Gasteiger partial charge < -0.3 is 25.2 Å². The van der Waals surface area contributed by atoms with Gasteiger partial charge in [-0.15, -0.1) is 0 Å². The molecule has 3 rings (SSSR count). The van der Waals surface area contributed by atoms with E-state index in [1.54, 1.807) is 25.2 Å². The van der Waals surface area contributed by atoms with Gasteiger partial charge in [0.2, 0.25) is 5.91 Å². The fourth-order valence-corrected chi connectivity index (χ4v) is 2.73. The number of aliphatic hydroxyl groups is 1. The van der Waals surface area contributed by atoms with E-state index in [0.29, 0.717) is 34.7 Å². The summed E-state index contributed by atoms with van der Waals surface area (Å²) in [4.78, 5) is 21.4. The summed E-state index contributed by atoms with van der Waals surface area (Å²) in [5, 5.41) is 22.5. The molecule has 0 atom stereocenters. The molecule has 0 saturated carbocycles.